The van der Waals surface area contributed by atoms with Gasteiger partial charge in [0.15, 0.2) is 0 Å². The molecule has 0 aliphatic heterocycles. The van der Waals surface area contributed by atoms with Crippen LogP contribution in [-0.4, -0.2) is 4.57 Å². The molecule has 0 fully saturated rings. The molecule has 0 atom stereocenters. The van der Waals surface area contributed by atoms with Crippen LogP contribution in [-0.2, 0) is 0 Å². The number of thiophene rings is 1. The normalized spacial score (nSPS) is 11.6. The minimum Gasteiger partial charge on any atom is -0.310 e. The molecule has 9 aromatic carbocycles. The standard InChI is InChI=1S/C52H35N3S/c1-4-19-38(20-5-1)53(39-21-6-2-7-22-39)48-34-42(54(40-23-8-3-9-24-40)47-29-16-27-44-43-25-13-15-30-50(43)56-52(44)47)35-49-51(48)45-26-12-14-28-46(45)55(49)41-32-31-36-17-10-11-18-37(36)33-41/h1-35H. The molecule has 0 saturated heterocycles. The summed E-state index contributed by atoms with van der Waals surface area (Å²) in [6, 6.07) is 77.0. The molecule has 0 amide bonds. The number of hydrogen-bond acceptors (Lipinski definition) is 3. The molecule has 0 bridgehead atoms. The van der Waals surface area contributed by atoms with E-state index in [4.69, 9.17) is 0 Å². The van der Waals surface area contributed by atoms with Crippen LogP contribution in [0.2, 0.25) is 0 Å². The lowest BCUT2D eigenvalue weighted by Crippen LogP contribution is -2.14. The number of fused-ring (bicyclic) bond motifs is 7. The minimum atomic E-state index is 1.07. The van der Waals surface area contributed by atoms with Crippen LogP contribution < -0.4 is 9.80 Å². The molecule has 0 spiro atoms. The minimum absolute atomic E-state index is 1.07. The average molecular weight is 734 g/mol. The van der Waals surface area contributed by atoms with Crippen LogP contribution in [0.15, 0.2) is 212 Å². The van der Waals surface area contributed by atoms with Gasteiger partial charge in [0.25, 0.3) is 0 Å². The molecular formula is C52H35N3S. The third-order valence-electron chi connectivity index (χ3n) is 10.9. The summed E-state index contributed by atoms with van der Waals surface area (Å²) in [6.45, 7) is 0. The Morgan fingerprint density at radius 1 is 0.357 bits per heavy atom. The van der Waals surface area contributed by atoms with E-state index in [0.717, 1.165) is 50.8 Å². The van der Waals surface area contributed by atoms with Gasteiger partial charge in [0.05, 0.1) is 32.8 Å². The Labute approximate surface area is 329 Å². The van der Waals surface area contributed by atoms with E-state index < -0.39 is 0 Å². The van der Waals surface area contributed by atoms with E-state index >= 15 is 0 Å². The fourth-order valence-electron chi connectivity index (χ4n) is 8.45. The molecule has 11 rings (SSSR count). The van der Waals surface area contributed by atoms with E-state index in [0.29, 0.717) is 0 Å². The maximum Gasteiger partial charge on any atom is 0.0640 e. The summed E-state index contributed by atoms with van der Waals surface area (Å²) in [4.78, 5) is 4.88. The lowest BCUT2D eigenvalue weighted by Gasteiger charge is -2.30. The van der Waals surface area contributed by atoms with Crippen LogP contribution >= 0.6 is 11.3 Å². The summed E-state index contributed by atoms with van der Waals surface area (Å²) in [5.41, 5.74) is 10.0. The summed E-state index contributed by atoms with van der Waals surface area (Å²) in [6.07, 6.45) is 0. The highest BCUT2D eigenvalue weighted by molar-refractivity contribution is 7.26. The number of aromatic nitrogens is 1. The van der Waals surface area contributed by atoms with Crippen molar-refractivity contribution in [3.8, 4) is 5.69 Å². The van der Waals surface area contributed by atoms with Crippen LogP contribution in [0.4, 0.5) is 34.1 Å². The average Bonchev–Trinajstić information content (AvgIpc) is 3.81. The van der Waals surface area contributed by atoms with Gasteiger partial charge >= 0.3 is 0 Å². The second kappa shape index (κ2) is 13.3. The largest absolute Gasteiger partial charge is 0.310 e. The topological polar surface area (TPSA) is 11.4 Å². The van der Waals surface area contributed by atoms with Crippen molar-refractivity contribution < 1.29 is 0 Å². The van der Waals surface area contributed by atoms with Crippen molar-refractivity contribution in [2.24, 2.45) is 0 Å². The Morgan fingerprint density at radius 2 is 0.929 bits per heavy atom. The fraction of sp³-hybridized carbons (Fsp3) is 0. The van der Waals surface area contributed by atoms with Gasteiger partial charge < -0.3 is 14.4 Å². The summed E-state index contributed by atoms with van der Waals surface area (Å²) in [7, 11) is 0. The van der Waals surface area contributed by atoms with Crippen molar-refractivity contribution in [1.82, 2.24) is 4.57 Å². The maximum atomic E-state index is 2.46. The van der Waals surface area contributed by atoms with Gasteiger partial charge in [0.2, 0.25) is 0 Å². The maximum absolute atomic E-state index is 2.46. The first-order valence-electron chi connectivity index (χ1n) is 19.0. The second-order valence-electron chi connectivity index (χ2n) is 14.2. The first-order valence-corrected chi connectivity index (χ1v) is 19.8. The number of hydrogen-bond donors (Lipinski definition) is 0. The van der Waals surface area contributed by atoms with E-state index in [2.05, 4.69) is 227 Å². The molecule has 2 aromatic heterocycles. The summed E-state index contributed by atoms with van der Waals surface area (Å²) in [5, 5.41) is 7.39. The van der Waals surface area contributed by atoms with Gasteiger partial charge in [0, 0.05) is 49.0 Å². The molecule has 0 saturated carbocycles. The smallest absolute Gasteiger partial charge is 0.0640 e. The van der Waals surface area contributed by atoms with Crippen molar-refractivity contribution >= 4 is 98.2 Å². The molecule has 3 nitrogen and oxygen atoms in total. The Balaban J connectivity index is 1.29. The second-order valence-corrected chi connectivity index (χ2v) is 15.2. The summed E-state index contributed by atoms with van der Waals surface area (Å²) >= 11 is 1.86. The Bertz CT molecular complexity index is 3160. The lowest BCUT2D eigenvalue weighted by atomic mass is 10.0. The molecule has 56 heavy (non-hydrogen) atoms. The van der Waals surface area contributed by atoms with Crippen LogP contribution in [0.5, 0.6) is 0 Å². The zero-order valence-electron chi connectivity index (χ0n) is 30.5. The van der Waals surface area contributed by atoms with Crippen molar-refractivity contribution in [2.45, 2.75) is 0 Å². The van der Waals surface area contributed by atoms with Crippen molar-refractivity contribution in [3.63, 3.8) is 0 Å². The van der Waals surface area contributed by atoms with Crippen LogP contribution in [0.1, 0.15) is 0 Å². The highest BCUT2D eigenvalue weighted by Gasteiger charge is 2.26. The molecule has 0 N–H and O–H groups in total. The predicted molar refractivity (Wildman–Crippen MR) is 241 cm³/mol. The monoisotopic (exact) mass is 733 g/mol. The van der Waals surface area contributed by atoms with Gasteiger partial charge in [0.1, 0.15) is 0 Å². The summed E-state index contributed by atoms with van der Waals surface area (Å²) < 4.78 is 5.01. The predicted octanol–water partition coefficient (Wildman–Crippen LogP) is 15.2. The highest BCUT2D eigenvalue weighted by Crippen LogP contribution is 2.50. The molecule has 0 radical (unpaired) electrons. The number of rotatable bonds is 7. The Morgan fingerprint density at radius 3 is 1.64 bits per heavy atom. The first kappa shape index (κ1) is 32.3. The zero-order valence-corrected chi connectivity index (χ0v) is 31.3. The number of nitrogens with zero attached hydrogens (tertiary/aromatic N) is 3. The van der Waals surface area contributed by atoms with E-state index in [1.165, 1.54) is 41.7 Å². The molecule has 4 heteroatoms. The number of para-hydroxylation sites is 4. The lowest BCUT2D eigenvalue weighted by molar-refractivity contribution is 1.18. The van der Waals surface area contributed by atoms with Gasteiger partial charge in [-0.05, 0) is 89.6 Å². The van der Waals surface area contributed by atoms with Gasteiger partial charge in [-0.1, -0.05) is 133 Å². The van der Waals surface area contributed by atoms with E-state index in [-0.39, 0.29) is 0 Å². The first-order chi connectivity index (χ1) is 27.8. The van der Waals surface area contributed by atoms with Crippen molar-refractivity contribution in [2.75, 3.05) is 9.80 Å². The summed E-state index contributed by atoms with van der Waals surface area (Å²) in [5.74, 6) is 0. The third kappa shape index (κ3) is 5.26. The molecular weight excluding hydrogens is 699 g/mol. The van der Waals surface area contributed by atoms with E-state index in [9.17, 15) is 0 Å². The van der Waals surface area contributed by atoms with Crippen LogP contribution in [0.3, 0.4) is 0 Å². The van der Waals surface area contributed by atoms with Gasteiger partial charge in [-0.15, -0.1) is 11.3 Å². The third-order valence-corrected chi connectivity index (χ3v) is 12.1. The molecule has 0 unspecified atom stereocenters. The van der Waals surface area contributed by atoms with E-state index in [1.807, 2.05) is 11.3 Å². The molecule has 11 aromatic rings. The zero-order chi connectivity index (χ0) is 37.0. The quantitative estimate of drug-likeness (QED) is 0.162. The Kier molecular flexibility index (Phi) is 7.68. The van der Waals surface area contributed by atoms with Gasteiger partial charge in [-0.25, -0.2) is 0 Å². The fourth-order valence-corrected chi connectivity index (χ4v) is 9.66. The molecule has 2 heterocycles. The molecule has 264 valence electrons. The number of benzene rings is 9. The van der Waals surface area contributed by atoms with Crippen molar-refractivity contribution in [3.05, 3.63) is 212 Å². The molecule has 0 aliphatic rings. The van der Waals surface area contributed by atoms with Gasteiger partial charge in [-0.2, -0.15) is 0 Å². The van der Waals surface area contributed by atoms with E-state index in [1.54, 1.807) is 0 Å². The SMILES string of the molecule is c1ccc(N(c2cc(N(c3ccccc3)c3ccccc3)c3c4ccccc4n(-c4ccc5ccccc5c4)c3c2)c2cccc3c2sc2ccccc23)cc1. The van der Waals surface area contributed by atoms with Crippen molar-refractivity contribution in [1.29, 1.82) is 0 Å². The van der Waals surface area contributed by atoms with Crippen LogP contribution in [0.25, 0.3) is 58.4 Å². The van der Waals surface area contributed by atoms with Crippen LogP contribution in [0, 0.1) is 0 Å². The molecule has 0 aliphatic carbocycles. The highest BCUT2D eigenvalue weighted by atomic mass is 32.1. The Hall–Kier alpha value is -7.14. The number of anilines is 6. The van der Waals surface area contributed by atoms with Gasteiger partial charge in [-0.3, -0.25) is 0 Å².